The first-order chi connectivity index (χ1) is 8.74. The molecule has 0 saturated heterocycles. The van der Waals surface area contributed by atoms with Crippen LogP contribution in [-0.2, 0) is 6.42 Å². The molecule has 2 nitrogen and oxygen atoms in total. The van der Waals surface area contributed by atoms with Gasteiger partial charge in [-0.3, -0.25) is 0 Å². The number of nitrogens with one attached hydrogen (secondary N) is 1. The summed E-state index contributed by atoms with van der Waals surface area (Å²) in [6, 6.07) is 14.5. The minimum Gasteiger partial charge on any atom is -0.497 e. The van der Waals surface area contributed by atoms with Gasteiger partial charge in [0, 0.05) is 11.4 Å². The molecule has 1 N–H and O–H groups in total. The summed E-state index contributed by atoms with van der Waals surface area (Å²) in [5.41, 5.74) is 4.80. The van der Waals surface area contributed by atoms with Crippen molar-refractivity contribution in [3.05, 3.63) is 53.6 Å². The molecule has 0 unspecified atom stereocenters. The molecule has 2 aromatic rings. The van der Waals surface area contributed by atoms with Crippen LogP contribution in [-0.4, -0.2) is 7.11 Å². The Morgan fingerprint density at radius 2 is 1.83 bits per heavy atom. The van der Waals surface area contributed by atoms with E-state index in [1.807, 2.05) is 12.1 Å². The van der Waals surface area contributed by atoms with E-state index in [9.17, 15) is 0 Å². The van der Waals surface area contributed by atoms with Crippen molar-refractivity contribution in [2.75, 3.05) is 12.4 Å². The molecule has 18 heavy (non-hydrogen) atoms. The van der Waals surface area contributed by atoms with Crippen LogP contribution in [0.25, 0.3) is 0 Å². The van der Waals surface area contributed by atoms with Crippen LogP contribution in [0, 0.1) is 6.92 Å². The van der Waals surface area contributed by atoms with E-state index in [4.69, 9.17) is 4.74 Å². The van der Waals surface area contributed by atoms with E-state index < -0.39 is 0 Å². The van der Waals surface area contributed by atoms with Gasteiger partial charge >= 0.3 is 0 Å². The van der Waals surface area contributed by atoms with Crippen molar-refractivity contribution in [3.8, 4) is 5.75 Å². The van der Waals surface area contributed by atoms with Gasteiger partial charge in [-0.15, -0.1) is 0 Å². The first-order valence-electron chi connectivity index (χ1n) is 6.24. The molecule has 0 aliphatic rings. The van der Waals surface area contributed by atoms with Crippen molar-refractivity contribution in [3.63, 3.8) is 0 Å². The summed E-state index contributed by atoms with van der Waals surface area (Å²) in [7, 11) is 1.69. The first-order valence-corrected chi connectivity index (χ1v) is 6.24. The van der Waals surface area contributed by atoms with E-state index in [-0.39, 0.29) is 0 Å². The molecule has 0 aliphatic heterocycles. The first kappa shape index (κ1) is 12.5. The van der Waals surface area contributed by atoms with Crippen LogP contribution in [0.2, 0.25) is 0 Å². The normalized spacial score (nSPS) is 10.2. The number of benzene rings is 2. The number of hydrogen-bond donors (Lipinski definition) is 1. The number of ether oxygens (including phenoxy) is 1. The molecule has 0 heterocycles. The van der Waals surface area contributed by atoms with Crippen LogP contribution in [0.4, 0.5) is 11.4 Å². The Hall–Kier alpha value is -1.96. The van der Waals surface area contributed by atoms with Gasteiger partial charge in [0.15, 0.2) is 0 Å². The lowest BCUT2D eigenvalue weighted by molar-refractivity contribution is 0.414. The van der Waals surface area contributed by atoms with E-state index in [0.717, 1.165) is 17.9 Å². The molecule has 0 amide bonds. The maximum atomic E-state index is 5.22. The Bertz CT molecular complexity index is 534. The molecule has 94 valence electrons. The van der Waals surface area contributed by atoms with Crippen molar-refractivity contribution < 1.29 is 4.74 Å². The highest BCUT2D eigenvalue weighted by molar-refractivity contribution is 5.66. The summed E-state index contributed by atoms with van der Waals surface area (Å²) in [4.78, 5) is 0. The van der Waals surface area contributed by atoms with Gasteiger partial charge in [-0.25, -0.2) is 0 Å². The Morgan fingerprint density at radius 3 is 2.50 bits per heavy atom. The predicted molar refractivity (Wildman–Crippen MR) is 76.8 cm³/mol. The van der Waals surface area contributed by atoms with Crippen LogP contribution in [0.15, 0.2) is 42.5 Å². The lowest BCUT2D eigenvalue weighted by Gasteiger charge is -2.13. The number of hydrogen-bond acceptors (Lipinski definition) is 2. The molecular weight excluding hydrogens is 222 g/mol. The lowest BCUT2D eigenvalue weighted by atomic mass is 10.1. The van der Waals surface area contributed by atoms with Gasteiger partial charge in [0.1, 0.15) is 5.75 Å². The number of rotatable bonds is 4. The average molecular weight is 241 g/mol. The highest BCUT2D eigenvalue weighted by Crippen LogP contribution is 2.26. The van der Waals surface area contributed by atoms with E-state index in [0.29, 0.717) is 0 Å². The third kappa shape index (κ3) is 2.65. The Morgan fingerprint density at radius 1 is 1.06 bits per heavy atom. The van der Waals surface area contributed by atoms with Crippen molar-refractivity contribution >= 4 is 11.4 Å². The van der Waals surface area contributed by atoms with Gasteiger partial charge in [-0.2, -0.15) is 0 Å². The third-order valence-corrected chi connectivity index (χ3v) is 3.10. The molecule has 0 aliphatic carbocycles. The van der Waals surface area contributed by atoms with E-state index in [1.165, 1.54) is 16.8 Å². The van der Waals surface area contributed by atoms with Crippen molar-refractivity contribution in [2.45, 2.75) is 20.3 Å². The molecule has 0 fully saturated rings. The molecule has 0 aromatic heterocycles. The molecule has 2 rings (SSSR count). The highest BCUT2D eigenvalue weighted by Gasteiger charge is 2.03. The number of aryl methyl sites for hydroxylation is 2. The van der Waals surface area contributed by atoms with E-state index in [1.54, 1.807) is 7.11 Å². The Kier molecular flexibility index (Phi) is 3.88. The van der Waals surface area contributed by atoms with Crippen molar-refractivity contribution in [2.24, 2.45) is 0 Å². The quantitative estimate of drug-likeness (QED) is 0.861. The molecule has 2 heteroatoms. The van der Waals surface area contributed by atoms with Crippen LogP contribution >= 0.6 is 0 Å². The van der Waals surface area contributed by atoms with E-state index in [2.05, 4.69) is 49.5 Å². The zero-order valence-electron chi connectivity index (χ0n) is 11.2. The summed E-state index contributed by atoms with van der Waals surface area (Å²) >= 11 is 0. The monoisotopic (exact) mass is 241 g/mol. The van der Waals surface area contributed by atoms with Crippen LogP contribution in [0.5, 0.6) is 5.75 Å². The van der Waals surface area contributed by atoms with Crippen LogP contribution in [0.1, 0.15) is 18.1 Å². The fourth-order valence-corrected chi connectivity index (χ4v) is 2.00. The number of anilines is 2. The fourth-order valence-electron chi connectivity index (χ4n) is 2.00. The summed E-state index contributed by atoms with van der Waals surface area (Å²) in [5.74, 6) is 0.891. The van der Waals surface area contributed by atoms with Gasteiger partial charge in [0.2, 0.25) is 0 Å². The number of para-hydroxylation sites is 1. The maximum Gasteiger partial charge on any atom is 0.119 e. The van der Waals surface area contributed by atoms with Gasteiger partial charge in [0.05, 0.1) is 7.11 Å². The average Bonchev–Trinajstić information content (AvgIpc) is 2.41. The molecular formula is C16H19NO. The minimum atomic E-state index is 0.891. The molecule has 2 aromatic carbocycles. The molecule has 0 radical (unpaired) electrons. The molecule has 0 saturated carbocycles. The zero-order valence-corrected chi connectivity index (χ0v) is 11.2. The zero-order chi connectivity index (χ0) is 13.0. The summed E-state index contributed by atoms with van der Waals surface area (Å²) < 4.78 is 5.22. The second-order valence-electron chi connectivity index (χ2n) is 4.32. The summed E-state index contributed by atoms with van der Waals surface area (Å²) in [6.07, 6.45) is 1.03. The van der Waals surface area contributed by atoms with Gasteiger partial charge in [0.25, 0.3) is 0 Å². The molecule has 0 bridgehead atoms. The topological polar surface area (TPSA) is 21.3 Å². The predicted octanol–water partition coefficient (Wildman–Crippen LogP) is 4.31. The second kappa shape index (κ2) is 5.58. The largest absolute Gasteiger partial charge is 0.497 e. The maximum absolute atomic E-state index is 5.22. The van der Waals surface area contributed by atoms with Gasteiger partial charge in [-0.05, 0) is 48.7 Å². The van der Waals surface area contributed by atoms with Crippen LogP contribution < -0.4 is 10.1 Å². The van der Waals surface area contributed by atoms with Gasteiger partial charge in [-0.1, -0.05) is 25.1 Å². The fraction of sp³-hybridized carbons (Fsp3) is 0.250. The van der Waals surface area contributed by atoms with Crippen molar-refractivity contribution in [1.82, 2.24) is 0 Å². The molecule has 0 spiro atoms. The smallest absolute Gasteiger partial charge is 0.119 e. The second-order valence-corrected chi connectivity index (χ2v) is 4.32. The summed E-state index contributed by atoms with van der Waals surface area (Å²) in [5, 5.41) is 3.49. The lowest BCUT2D eigenvalue weighted by Crippen LogP contribution is -1.97. The Balaban J connectivity index is 2.28. The number of methoxy groups -OCH3 is 1. The van der Waals surface area contributed by atoms with E-state index >= 15 is 0 Å². The van der Waals surface area contributed by atoms with Crippen molar-refractivity contribution in [1.29, 1.82) is 0 Å². The van der Waals surface area contributed by atoms with Gasteiger partial charge < -0.3 is 10.1 Å². The minimum absolute atomic E-state index is 0.891. The highest BCUT2D eigenvalue weighted by atomic mass is 16.5. The molecule has 0 atom stereocenters. The van der Waals surface area contributed by atoms with Crippen LogP contribution in [0.3, 0.4) is 0 Å². The Labute approximate surface area is 109 Å². The SMILES string of the molecule is CCc1ccccc1Nc1ccc(OC)cc1C. The summed E-state index contributed by atoms with van der Waals surface area (Å²) in [6.45, 7) is 4.25. The standard InChI is InChI=1S/C16H19NO/c1-4-13-7-5-6-8-16(13)17-15-10-9-14(18-3)11-12(15)2/h5-11,17H,4H2,1-3H3. The third-order valence-electron chi connectivity index (χ3n) is 3.10.